The molecule has 1 amide bonds. The Hall–Kier alpha value is -1.83. The highest BCUT2D eigenvalue weighted by molar-refractivity contribution is 9.11. The van der Waals surface area contributed by atoms with Crippen molar-refractivity contribution in [2.45, 2.75) is 13.5 Å². The Labute approximate surface area is 172 Å². The van der Waals surface area contributed by atoms with Gasteiger partial charge in [-0.05, 0) is 73.3 Å². The van der Waals surface area contributed by atoms with Gasteiger partial charge in [-0.25, -0.2) is 4.79 Å². The van der Waals surface area contributed by atoms with Gasteiger partial charge in [0.1, 0.15) is 18.1 Å². The van der Waals surface area contributed by atoms with Gasteiger partial charge in [0.2, 0.25) is 5.91 Å². The highest BCUT2D eigenvalue weighted by Crippen LogP contribution is 2.36. The predicted octanol–water partition coefficient (Wildman–Crippen LogP) is 5.01. The van der Waals surface area contributed by atoms with Gasteiger partial charge in [-0.2, -0.15) is 0 Å². The number of hydrogen-bond acceptors (Lipinski definition) is 3. The summed E-state index contributed by atoms with van der Waals surface area (Å²) in [6.45, 7) is 1.56. The normalized spacial score (nSPS) is 11.2. The molecule has 2 rings (SSSR count). The molecule has 2 N–H and O–H groups in total. The third kappa shape index (κ3) is 5.86. The van der Waals surface area contributed by atoms with Crippen LogP contribution in [0.5, 0.6) is 5.75 Å². The van der Waals surface area contributed by atoms with Gasteiger partial charge >= 0.3 is 5.97 Å². The van der Waals surface area contributed by atoms with E-state index in [0.717, 1.165) is 5.56 Å². The van der Waals surface area contributed by atoms with Gasteiger partial charge in [0.15, 0.2) is 0 Å². The van der Waals surface area contributed by atoms with Crippen molar-refractivity contribution >= 4 is 61.4 Å². The van der Waals surface area contributed by atoms with Crippen LogP contribution in [0.1, 0.15) is 18.1 Å². The third-order valence-corrected chi connectivity index (χ3v) is 4.56. The van der Waals surface area contributed by atoms with Crippen LogP contribution in [0.15, 0.2) is 51.0 Å². The van der Waals surface area contributed by atoms with E-state index in [-0.39, 0.29) is 5.70 Å². The number of rotatable bonds is 6. The first kappa shape index (κ1) is 20.5. The summed E-state index contributed by atoms with van der Waals surface area (Å²) < 4.78 is 7.09. The summed E-state index contributed by atoms with van der Waals surface area (Å²) in [5.74, 6) is -1.12. The van der Waals surface area contributed by atoms with Gasteiger partial charge in [-0.3, -0.25) is 4.79 Å². The fourth-order valence-corrected chi connectivity index (χ4v) is 3.75. The van der Waals surface area contributed by atoms with Crippen molar-refractivity contribution in [3.63, 3.8) is 0 Å². The van der Waals surface area contributed by atoms with Gasteiger partial charge in [-0.1, -0.05) is 23.7 Å². The topological polar surface area (TPSA) is 75.6 Å². The lowest BCUT2D eigenvalue weighted by atomic mass is 10.2. The van der Waals surface area contributed by atoms with Crippen LogP contribution in [-0.2, 0) is 16.2 Å². The van der Waals surface area contributed by atoms with Crippen molar-refractivity contribution in [3.05, 3.63) is 67.2 Å². The smallest absolute Gasteiger partial charge is 0.352 e. The lowest BCUT2D eigenvalue weighted by Gasteiger charge is -2.12. The summed E-state index contributed by atoms with van der Waals surface area (Å²) in [5, 5.41) is 12.1. The molecule has 2 aromatic carbocycles. The number of benzene rings is 2. The van der Waals surface area contributed by atoms with E-state index < -0.39 is 11.9 Å². The molecule has 136 valence electrons. The van der Waals surface area contributed by atoms with E-state index in [1.165, 1.54) is 13.0 Å². The van der Waals surface area contributed by atoms with Crippen LogP contribution in [0.2, 0.25) is 5.02 Å². The maximum absolute atomic E-state index is 11.2. The molecular formula is C18H14Br2ClNO4. The van der Waals surface area contributed by atoms with E-state index in [2.05, 4.69) is 37.2 Å². The highest BCUT2D eigenvalue weighted by atomic mass is 79.9. The summed E-state index contributed by atoms with van der Waals surface area (Å²) in [5.41, 5.74) is 1.27. The molecule has 0 spiro atoms. The van der Waals surface area contributed by atoms with Crippen molar-refractivity contribution in [2.24, 2.45) is 0 Å². The zero-order valence-electron chi connectivity index (χ0n) is 13.6. The van der Waals surface area contributed by atoms with Crippen LogP contribution in [0.3, 0.4) is 0 Å². The Bertz CT molecular complexity index is 860. The number of carbonyl (C=O) groups is 2. The fraction of sp³-hybridized carbons (Fsp3) is 0.111. The zero-order valence-corrected chi connectivity index (χ0v) is 17.5. The summed E-state index contributed by atoms with van der Waals surface area (Å²) >= 11 is 12.8. The molecule has 0 atom stereocenters. The lowest BCUT2D eigenvalue weighted by Crippen LogP contribution is -2.24. The quantitative estimate of drug-likeness (QED) is 0.544. The first-order valence-electron chi connectivity index (χ1n) is 7.35. The number of hydrogen-bond donors (Lipinski definition) is 2. The average molecular weight is 504 g/mol. The molecule has 0 heterocycles. The summed E-state index contributed by atoms with van der Waals surface area (Å²) in [7, 11) is 0. The SMILES string of the molecule is CC(=O)NC(=Cc1cc(Br)c(OCc2cccc(Cl)c2)c(Br)c1)C(=O)O. The van der Waals surface area contributed by atoms with Gasteiger partial charge < -0.3 is 15.2 Å². The molecule has 0 saturated carbocycles. The minimum absolute atomic E-state index is 0.219. The number of nitrogens with one attached hydrogen (secondary N) is 1. The maximum Gasteiger partial charge on any atom is 0.352 e. The molecule has 0 aromatic heterocycles. The molecule has 0 fully saturated rings. The van der Waals surface area contributed by atoms with Crippen LogP contribution in [0.25, 0.3) is 6.08 Å². The third-order valence-electron chi connectivity index (χ3n) is 3.14. The maximum atomic E-state index is 11.2. The van der Waals surface area contributed by atoms with E-state index in [1.54, 1.807) is 18.2 Å². The second-order valence-electron chi connectivity index (χ2n) is 5.28. The Morgan fingerprint density at radius 1 is 1.23 bits per heavy atom. The monoisotopic (exact) mass is 501 g/mol. The Kier molecular flexibility index (Phi) is 7.25. The number of carboxylic acid groups (broad SMARTS) is 1. The van der Waals surface area contributed by atoms with Crippen molar-refractivity contribution in [1.82, 2.24) is 5.32 Å². The standard InChI is InChI=1S/C18H14Br2ClNO4/c1-10(23)22-16(18(24)25)8-12-6-14(19)17(15(20)7-12)26-9-11-3-2-4-13(21)5-11/h2-8H,9H2,1H3,(H,22,23)(H,24,25). The number of carbonyl (C=O) groups excluding carboxylic acids is 1. The van der Waals surface area contributed by atoms with Crippen LogP contribution >= 0.6 is 43.5 Å². The minimum atomic E-state index is -1.23. The molecule has 26 heavy (non-hydrogen) atoms. The van der Waals surface area contributed by atoms with Gasteiger partial charge in [0.25, 0.3) is 0 Å². The van der Waals surface area contributed by atoms with Crippen LogP contribution < -0.4 is 10.1 Å². The molecule has 0 aliphatic carbocycles. The number of amides is 1. The van der Waals surface area contributed by atoms with Crippen molar-refractivity contribution in [1.29, 1.82) is 0 Å². The second-order valence-corrected chi connectivity index (χ2v) is 7.42. The number of aliphatic carboxylic acids is 1. The Morgan fingerprint density at radius 2 is 1.88 bits per heavy atom. The van der Waals surface area contributed by atoms with E-state index in [0.29, 0.717) is 31.9 Å². The first-order valence-corrected chi connectivity index (χ1v) is 9.31. The molecule has 0 aliphatic heterocycles. The highest BCUT2D eigenvalue weighted by Gasteiger charge is 2.12. The van der Waals surface area contributed by atoms with Crippen molar-refractivity contribution < 1.29 is 19.4 Å². The molecule has 0 bridgehead atoms. The lowest BCUT2D eigenvalue weighted by molar-refractivity contribution is -0.134. The van der Waals surface area contributed by atoms with Crippen LogP contribution in [0.4, 0.5) is 0 Å². The predicted molar refractivity (Wildman–Crippen MR) is 107 cm³/mol. The van der Waals surface area contributed by atoms with E-state index in [4.69, 9.17) is 21.4 Å². The molecule has 0 radical (unpaired) electrons. The molecule has 0 unspecified atom stereocenters. The largest absolute Gasteiger partial charge is 0.487 e. The van der Waals surface area contributed by atoms with E-state index >= 15 is 0 Å². The Morgan fingerprint density at radius 3 is 2.42 bits per heavy atom. The average Bonchev–Trinajstić information content (AvgIpc) is 2.53. The number of halogens is 3. The molecule has 0 aliphatic rings. The summed E-state index contributed by atoms with van der Waals surface area (Å²) in [6, 6.07) is 10.7. The fourth-order valence-electron chi connectivity index (χ4n) is 2.09. The van der Waals surface area contributed by atoms with Gasteiger partial charge in [0.05, 0.1) is 8.95 Å². The number of carboxylic acids is 1. The van der Waals surface area contributed by atoms with Crippen LogP contribution in [0, 0.1) is 0 Å². The van der Waals surface area contributed by atoms with Crippen molar-refractivity contribution in [3.8, 4) is 5.75 Å². The summed E-state index contributed by atoms with van der Waals surface area (Å²) in [6.07, 6.45) is 1.36. The molecule has 0 saturated heterocycles. The van der Waals surface area contributed by atoms with Gasteiger partial charge in [-0.15, -0.1) is 0 Å². The second kappa shape index (κ2) is 9.21. The first-order chi connectivity index (χ1) is 12.3. The zero-order chi connectivity index (χ0) is 19.3. The number of ether oxygens (including phenoxy) is 1. The van der Waals surface area contributed by atoms with Gasteiger partial charge in [0, 0.05) is 11.9 Å². The molecular weight excluding hydrogens is 489 g/mol. The van der Waals surface area contributed by atoms with E-state index in [1.807, 2.05) is 18.2 Å². The summed E-state index contributed by atoms with van der Waals surface area (Å²) in [4.78, 5) is 22.3. The molecule has 8 heteroatoms. The molecule has 2 aromatic rings. The Balaban J connectivity index is 2.24. The van der Waals surface area contributed by atoms with Crippen molar-refractivity contribution in [2.75, 3.05) is 0 Å². The minimum Gasteiger partial charge on any atom is -0.487 e. The molecule has 5 nitrogen and oxygen atoms in total. The van der Waals surface area contributed by atoms with E-state index in [9.17, 15) is 9.59 Å². The van der Waals surface area contributed by atoms with Crippen LogP contribution in [-0.4, -0.2) is 17.0 Å².